The van der Waals surface area contributed by atoms with E-state index in [0.717, 1.165) is 25.0 Å². The van der Waals surface area contributed by atoms with E-state index in [2.05, 4.69) is 22.8 Å². The van der Waals surface area contributed by atoms with Gasteiger partial charge in [-0.15, -0.1) is 0 Å². The number of hydrogen-bond acceptors (Lipinski definition) is 3. The van der Waals surface area contributed by atoms with E-state index in [9.17, 15) is 9.59 Å². The molecule has 0 aromatic heterocycles. The summed E-state index contributed by atoms with van der Waals surface area (Å²) < 4.78 is 6.02. The summed E-state index contributed by atoms with van der Waals surface area (Å²) >= 11 is 0. The van der Waals surface area contributed by atoms with Crippen LogP contribution in [0, 0.1) is 0 Å². The molecule has 1 atom stereocenters. The third-order valence-corrected chi connectivity index (χ3v) is 5.23. The molecule has 3 rings (SSSR count). The Bertz CT molecular complexity index is 863. The van der Waals surface area contributed by atoms with Crippen LogP contribution >= 0.6 is 0 Å². The first-order valence-electron chi connectivity index (χ1n) is 10.6. The number of ether oxygens (including phenoxy) is 1. The second-order valence-electron chi connectivity index (χ2n) is 7.44. The molecule has 0 spiro atoms. The third kappa shape index (κ3) is 5.37. The number of benzene rings is 2. The predicted octanol–water partition coefficient (Wildman–Crippen LogP) is 4.50. The molecule has 1 unspecified atom stereocenters. The zero-order valence-corrected chi connectivity index (χ0v) is 17.3. The Kier molecular flexibility index (Phi) is 7.28. The van der Waals surface area contributed by atoms with Crippen LogP contribution in [0.2, 0.25) is 0 Å². The van der Waals surface area contributed by atoms with Crippen molar-refractivity contribution in [3.8, 4) is 5.75 Å². The van der Waals surface area contributed by atoms with Crippen molar-refractivity contribution >= 4 is 17.5 Å². The maximum absolute atomic E-state index is 12.9. The highest BCUT2D eigenvalue weighted by molar-refractivity contribution is 6.04. The highest BCUT2D eigenvalue weighted by Crippen LogP contribution is 2.26. The van der Waals surface area contributed by atoms with Gasteiger partial charge in [0, 0.05) is 6.54 Å². The van der Waals surface area contributed by atoms with E-state index in [1.54, 1.807) is 24.3 Å². The molecule has 29 heavy (non-hydrogen) atoms. The Morgan fingerprint density at radius 3 is 2.55 bits per heavy atom. The first-order valence-corrected chi connectivity index (χ1v) is 10.6. The molecule has 0 heterocycles. The van der Waals surface area contributed by atoms with Gasteiger partial charge in [0.25, 0.3) is 11.8 Å². The topological polar surface area (TPSA) is 67.4 Å². The SMILES string of the molecule is CCCNC(=O)c1ccccc1NC(=O)C(CC)Oc1ccc2c(c1)CCCC2. The summed E-state index contributed by atoms with van der Waals surface area (Å²) in [6, 6.07) is 13.2. The molecule has 5 nitrogen and oxygen atoms in total. The number of carbonyl (C=O) groups is 2. The van der Waals surface area contributed by atoms with Crippen molar-refractivity contribution in [2.75, 3.05) is 11.9 Å². The Labute approximate surface area is 172 Å². The van der Waals surface area contributed by atoms with Crippen molar-refractivity contribution in [3.05, 3.63) is 59.2 Å². The predicted molar refractivity (Wildman–Crippen MR) is 115 cm³/mol. The molecule has 2 N–H and O–H groups in total. The molecule has 0 aliphatic heterocycles. The van der Waals surface area contributed by atoms with Crippen LogP contribution in [-0.2, 0) is 17.6 Å². The fourth-order valence-electron chi connectivity index (χ4n) is 3.61. The van der Waals surface area contributed by atoms with Crippen molar-refractivity contribution in [3.63, 3.8) is 0 Å². The Morgan fingerprint density at radius 2 is 1.79 bits per heavy atom. The quantitative estimate of drug-likeness (QED) is 0.693. The molecule has 2 amide bonds. The average molecular weight is 395 g/mol. The molecule has 1 aliphatic rings. The molecule has 0 saturated heterocycles. The van der Waals surface area contributed by atoms with Gasteiger partial charge >= 0.3 is 0 Å². The minimum atomic E-state index is -0.622. The van der Waals surface area contributed by atoms with Gasteiger partial charge in [0.05, 0.1) is 11.3 Å². The van der Waals surface area contributed by atoms with Gasteiger partial charge < -0.3 is 15.4 Å². The molecule has 5 heteroatoms. The summed E-state index contributed by atoms with van der Waals surface area (Å²) in [7, 11) is 0. The Balaban J connectivity index is 1.70. The standard InChI is InChI=1S/C24H30N2O3/c1-3-15-25-23(27)20-11-7-8-12-21(20)26-24(28)22(4-2)29-19-14-13-17-9-5-6-10-18(17)16-19/h7-8,11-14,16,22H,3-6,9-10,15H2,1-2H3,(H,25,27)(H,26,28). The molecule has 154 valence electrons. The van der Waals surface area contributed by atoms with Crippen LogP contribution in [0.15, 0.2) is 42.5 Å². The lowest BCUT2D eigenvalue weighted by molar-refractivity contribution is -0.122. The average Bonchev–Trinajstić information content (AvgIpc) is 2.76. The molecule has 0 radical (unpaired) electrons. The minimum absolute atomic E-state index is 0.189. The number of rotatable bonds is 8. The smallest absolute Gasteiger partial charge is 0.265 e. The fourth-order valence-corrected chi connectivity index (χ4v) is 3.61. The van der Waals surface area contributed by atoms with Gasteiger partial charge in [-0.2, -0.15) is 0 Å². The van der Waals surface area contributed by atoms with Gasteiger partial charge in [0.1, 0.15) is 5.75 Å². The number of hydrogen-bond donors (Lipinski definition) is 2. The van der Waals surface area contributed by atoms with Gasteiger partial charge in [0.2, 0.25) is 0 Å². The van der Waals surface area contributed by atoms with Crippen LogP contribution in [-0.4, -0.2) is 24.5 Å². The summed E-state index contributed by atoms with van der Waals surface area (Å²) in [4.78, 5) is 25.2. The zero-order chi connectivity index (χ0) is 20.6. The first-order chi connectivity index (χ1) is 14.1. The number of amides is 2. The van der Waals surface area contributed by atoms with E-state index in [4.69, 9.17) is 4.74 Å². The first kappa shape index (κ1) is 20.9. The van der Waals surface area contributed by atoms with Crippen molar-refractivity contribution in [2.24, 2.45) is 0 Å². The summed E-state index contributed by atoms with van der Waals surface area (Å²) in [5.41, 5.74) is 3.66. The highest BCUT2D eigenvalue weighted by Gasteiger charge is 2.21. The minimum Gasteiger partial charge on any atom is -0.481 e. The fraction of sp³-hybridized carbons (Fsp3) is 0.417. The normalized spacial score (nSPS) is 13.9. The van der Waals surface area contributed by atoms with E-state index >= 15 is 0 Å². The van der Waals surface area contributed by atoms with E-state index < -0.39 is 6.10 Å². The number of anilines is 1. The summed E-state index contributed by atoms with van der Waals surface area (Å²) in [5.74, 6) is 0.286. The van der Waals surface area contributed by atoms with Gasteiger partial charge in [0.15, 0.2) is 6.10 Å². The van der Waals surface area contributed by atoms with Gasteiger partial charge in [-0.3, -0.25) is 9.59 Å². The Hall–Kier alpha value is -2.82. The Morgan fingerprint density at radius 1 is 1.03 bits per heavy atom. The van der Waals surface area contributed by atoms with Crippen molar-refractivity contribution in [2.45, 2.75) is 58.5 Å². The van der Waals surface area contributed by atoms with Crippen molar-refractivity contribution < 1.29 is 14.3 Å². The zero-order valence-electron chi connectivity index (χ0n) is 17.3. The van der Waals surface area contributed by atoms with Crippen LogP contribution in [0.3, 0.4) is 0 Å². The second kappa shape index (κ2) is 10.1. The lowest BCUT2D eigenvalue weighted by Gasteiger charge is -2.21. The summed E-state index contributed by atoms with van der Waals surface area (Å²) in [6.07, 6.45) is 5.38. The number of nitrogens with one attached hydrogen (secondary N) is 2. The van der Waals surface area contributed by atoms with E-state index in [-0.39, 0.29) is 11.8 Å². The maximum Gasteiger partial charge on any atom is 0.265 e. The highest BCUT2D eigenvalue weighted by atomic mass is 16.5. The monoisotopic (exact) mass is 394 g/mol. The van der Waals surface area contributed by atoms with Crippen LogP contribution < -0.4 is 15.4 Å². The third-order valence-electron chi connectivity index (χ3n) is 5.23. The molecule has 0 fully saturated rings. The number of carbonyl (C=O) groups excluding carboxylic acids is 2. The van der Waals surface area contributed by atoms with Crippen LogP contribution in [0.1, 0.15) is 61.0 Å². The van der Waals surface area contributed by atoms with Crippen molar-refractivity contribution in [1.82, 2.24) is 5.32 Å². The lowest BCUT2D eigenvalue weighted by atomic mass is 9.92. The van der Waals surface area contributed by atoms with Crippen molar-refractivity contribution in [1.29, 1.82) is 0 Å². The molecule has 2 aromatic rings. The summed E-state index contributed by atoms with van der Waals surface area (Å²) in [5, 5.41) is 5.73. The van der Waals surface area contributed by atoms with Crippen LogP contribution in [0.25, 0.3) is 0 Å². The van der Waals surface area contributed by atoms with E-state index in [1.807, 2.05) is 19.9 Å². The molecule has 0 saturated carbocycles. The molecular formula is C24H30N2O3. The number of aryl methyl sites for hydroxylation is 2. The van der Waals surface area contributed by atoms with E-state index in [1.165, 1.54) is 24.0 Å². The van der Waals surface area contributed by atoms with Gasteiger partial charge in [-0.05, 0) is 73.9 Å². The van der Waals surface area contributed by atoms with Crippen LogP contribution in [0.5, 0.6) is 5.75 Å². The number of para-hydroxylation sites is 1. The molecule has 0 bridgehead atoms. The lowest BCUT2D eigenvalue weighted by Crippen LogP contribution is -2.33. The molecule has 1 aliphatic carbocycles. The van der Waals surface area contributed by atoms with Gasteiger partial charge in [-0.25, -0.2) is 0 Å². The molecule has 2 aromatic carbocycles. The van der Waals surface area contributed by atoms with Gasteiger partial charge in [-0.1, -0.05) is 32.0 Å². The number of fused-ring (bicyclic) bond motifs is 1. The van der Waals surface area contributed by atoms with E-state index in [0.29, 0.717) is 24.2 Å². The second-order valence-corrected chi connectivity index (χ2v) is 7.44. The largest absolute Gasteiger partial charge is 0.481 e. The summed E-state index contributed by atoms with van der Waals surface area (Å²) in [6.45, 7) is 4.51. The maximum atomic E-state index is 12.9. The molecular weight excluding hydrogens is 364 g/mol. The van der Waals surface area contributed by atoms with Crippen LogP contribution in [0.4, 0.5) is 5.69 Å².